The Hall–Kier alpha value is -2.94. The maximum absolute atomic E-state index is 12.5. The molecule has 0 aliphatic carbocycles. The van der Waals surface area contributed by atoms with Gasteiger partial charge in [0.25, 0.3) is 5.91 Å². The Morgan fingerprint density at radius 1 is 1.00 bits per heavy atom. The van der Waals surface area contributed by atoms with Crippen LogP contribution in [0.1, 0.15) is 9.67 Å². The highest BCUT2D eigenvalue weighted by Crippen LogP contribution is 2.28. The summed E-state index contributed by atoms with van der Waals surface area (Å²) in [6, 6.07) is 17.5. The molecule has 1 saturated heterocycles. The Labute approximate surface area is 172 Å². The van der Waals surface area contributed by atoms with Gasteiger partial charge in [0.1, 0.15) is 0 Å². The van der Waals surface area contributed by atoms with Crippen molar-refractivity contribution in [3.63, 3.8) is 0 Å². The quantitative estimate of drug-likeness (QED) is 0.445. The third-order valence-electron chi connectivity index (χ3n) is 4.99. The maximum atomic E-state index is 12.5. The number of hydrogen-bond acceptors (Lipinski definition) is 6. The number of nitrogens with one attached hydrogen (secondary N) is 2. The van der Waals surface area contributed by atoms with Crippen molar-refractivity contribution in [1.29, 1.82) is 0 Å². The lowest BCUT2D eigenvalue weighted by molar-refractivity contribution is -0.117. The number of carbonyl (C=O) groups is 2. The van der Waals surface area contributed by atoms with Crippen LogP contribution >= 0.6 is 11.3 Å². The predicted octanol–water partition coefficient (Wildman–Crippen LogP) is 2.78. The minimum atomic E-state index is -0.536. The molecule has 0 atom stereocenters. The van der Waals surface area contributed by atoms with Gasteiger partial charge in [0.2, 0.25) is 5.91 Å². The first-order valence-electron chi connectivity index (χ1n) is 9.42. The highest BCUT2D eigenvalue weighted by atomic mass is 32.1. The summed E-state index contributed by atoms with van der Waals surface area (Å²) in [6.45, 7) is 3.82. The third-order valence-corrected chi connectivity index (χ3v) is 6.09. The zero-order valence-electron chi connectivity index (χ0n) is 15.8. The molecule has 3 N–H and O–H groups in total. The Morgan fingerprint density at radius 3 is 2.48 bits per heavy atom. The second-order valence-corrected chi connectivity index (χ2v) is 8.03. The van der Waals surface area contributed by atoms with E-state index in [1.54, 1.807) is 11.5 Å². The minimum Gasteiger partial charge on any atom is -0.369 e. The summed E-state index contributed by atoms with van der Waals surface area (Å²) in [4.78, 5) is 28.9. The Bertz CT molecular complexity index is 1010. The lowest BCUT2D eigenvalue weighted by Gasteiger charge is -2.35. The highest BCUT2D eigenvalue weighted by Gasteiger charge is 2.19. The van der Waals surface area contributed by atoms with Crippen LogP contribution in [0, 0.1) is 0 Å². The molecule has 7 nitrogen and oxygen atoms in total. The average molecular weight is 410 g/mol. The molecule has 2 aromatic carbocycles. The second kappa shape index (κ2) is 8.60. The van der Waals surface area contributed by atoms with Crippen molar-refractivity contribution >= 4 is 44.6 Å². The first-order valence-corrected chi connectivity index (χ1v) is 10.2. The SMILES string of the molecule is O=C(CN1CCN(c2ccccc2)CC1)Nc1ccc2cc(C(=O)NO)sc2c1. The second-order valence-electron chi connectivity index (χ2n) is 6.95. The van der Waals surface area contributed by atoms with E-state index in [0.717, 1.165) is 36.3 Å². The topological polar surface area (TPSA) is 84.9 Å². The van der Waals surface area contributed by atoms with E-state index >= 15 is 0 Å². The number of hydroxylamine groups is 1. The lowest BCUT2D eigenvalue weighted by atomic mass is 10.2. The first-order chi connectivity index (χ1) is 14.1. The fraction of sp³-hybridized carbons (Fsp3) is 0.238. The zero-order chi connectivity index (χ0) is 20.2. The summed E-state index contributed by atoms with van der Waals surface area (Å²) in [7, 11) is 0. The number of thiophene rings is 1. The number of amides is 2. The molecule has 0 spiro atoms. The Balaban J connectivity index is 1.32. The first kappa shape index (κ1) is 19.4. The van der Waals surface area contributed by atoms with Gasteiger partial charge in [0.15, 0.2) is 0 Å². The van der Waals surface area contributed by atoms with Gasteiger partial charge >= 0.3 is 0 Å². The van der Waals surface area contributed by atoms with Crippen molar-refractivity contribution in [2.75, 3.05) is 42.9 Å². The molecule has 4 rings (SSSR count). The molecule has 0 radical (unpaired) electrons. The predicted molar refractivity (Wildman–Crippen MR) is 115 cm³/mol. The molecule has 1 aliphatic rings. The lowest BCUT2D eigenvalue weighted by Crippen LogP contribution is -2.48. The van der Waals surface area contributed by atoms with Crippen LogP contribution < -0.4 is 15.7 Å². The Morgan fingerprint density at radius 2 is 1.76 bits per heavy atom. The smallest absolute Gasteiger partial charge is 0.284 e. The molecule has 2 amide bonds. The molecule has 0 bridgehead atoms. The van der Waals surface area contributed by atoms with Gasteiger partial charge in [-0.25, -0.2) is 5.48 Å². The van der Waals surface area contributed by atoms with Crippen LogP contribution in [0.5, 0.6) is 0 Å². The van der Waals surface area contributed by atoms with Gasteiger partial charge in [-0.15, -0.1) is 11.3 Å². The summed E-state index contributed by atoms with van der Waals surface area (Å²) < 4.78 is 0.873. The van der Waals surface area contributed by atoms with Gasteiger partial charge in [-0.2, -0.15) is 0 Å². The van der Waals surface area contributed by atoms with Crippen LogP contribution in [0.3, 0.4) is 0 Å². The molecular weight excluding hydrogens is 388 g/mol. The van der Waals surface area contributed by atoms with Gasteiger partial charge in [0.05, 0.1) is 11.4 Å². The number of benzene rings is 2. The summed E-state index contributed by atoms with van der Waals surface area (Å²) in [6.07, 6.45) is 0. The monoisotopic (exact) mass is 410 g/mol. The molecule has 3 aromatic rings. The van der Waals surface area contributed by atoms with E-state index in [-0.39, 0.29) is 5.91 Å². The summed E-state index contributed by atoms with van der Waals surface area (Å²) in [5.41, 5.74) is 3.56. The molecule has 1 aliphatic heterocycles. The molecule has 29 heavy (non-hydrogen) atoms. The zero-order valence-corrected chi connectivity index (χ0v) is 16.6. The fourth-order valence-electron chi connectivity index (χ4n) is 3.48. The molecule has 1 aromatic heterocycles. The molecule has 1 fully saturated rings. The Kier molecular flexibility index (Phi) is 5.75. The van der Waals surface area contributed by atoms with E-state index in [1.807, 2.05) is 36.4 Å². The fourth-order valence-corrected chi connectivity index (χ4v) is 4.47. The van der Waals surface area contributed by atoms with Gasteiger partial charge in [0, 0.05) is 42.3 Å². The molecule has 2 heterocycles. The number of anilines is 2. The van der Waals surface area contributed by atoms with Crippen molar-refractivity contribution < 1.29 is 14.8 Å². The largest absolute Gasteiger partial charge is 0.369 e. The number of rotatable bonds is 5. The van der Waals surface area contributed by atoms with E-state index in [1.165, 1.54) is 17.0 Å². The van der Waals surface area contributed by atoms with Gasteiger partial charge < -0.3 is 10.2 Å². The minimum absolute atomic E-state index is 0.0533. The van der Waals surface area contributed by atoms with Gasteiger partial charge in [-0.3, -0.25) is 19.7 Å². The number of para-hydroxylation sites is 1. The highest BCUT2D eigenvalue weighted by molar-refractivity contribution is 7.20. The van der Waals surface area contributed by atoms with E-state index in [9.17, 15) is 9.59 Å². The normalized spacial score (nSPS) is 14.7. The number of fused-ring (bicyclic) bond motifs is 1. The van der Waals surface area contributed by atoms with E-state index < -0.39 is 5.91 Å². The third kappa shape index (κ3) is 4.56. The number of carbonyl (C=O) groups excluding carboxylic acids is 2. The van der Waals surface area contributed by atoms with Crippen molar-refractivity contribution in [2.45, 2.75) is 0 Å². The van der Waals surface area contributed by atoms with E-state index in [0.29, 0.717) is 17.1 Å². The molecule has 0 saturated carbocycles. The number of hydrogen-bond donors (Lipinski definition) is 3. The standard InChI is InChI=1S/C21H22N4O3S/c26-20(14-24-8-10-25(11-9-24)17-4-2-1-3-5-17)22-16-7-6-15-12-19(21(27)23-28)29-18(15)13-16/h1-7,12-13,28H,8-11,14H2,(H,22,26)(H,23,27). The van der Waals surface area contributed by atoms with Crippen LogP contribution in [-0.2, 0) is 4.79 Å². The van der Waals surface area contributed by atoms with Crippen molar-refractivity contribution in [1.82, 2.24) is 10.4 Å². The van der Waals surface area contributed by atoms with Crippen LogP contribution in [0.4, 0.5) is 11.4 Å². The van der Waals surface area contributed by atoms with Crippen LogP contribution in [0.2, 0.25) is 0 Å². The maximum Gasteiger partial charge on any atom is 0.284 e. The van der Waals surface area contributed by atoms with Crippen molar-refractivity contribution in [3.05, 3.63) is 59.5 Å². The van der Waals surface area contributed by atoms with E-state index in [2.05, 4.69) is 27.2 Å². The van der Waals surface area contributed by atoms with Crippen LogP contribution in [0.15, 0.2) is 54.6 Å². The molecule has 150 valence electrons. The molecular formula is C21H22N4O3S. The molecule has 8 heteroatoms. The number of nitrogens with zero attached hydrogens (tertiary/aromatic N) is 2. The van der Waals surface area contributed by atoms with Gasteiger partial charge in [-0.05, 0) is 35.7 Å². The van der Waals surface area contributed by atoms with Crippen LogP contribution in [0.25, 0.3) is 10.1 Å². The summed E-state index contributed by atoms with van der Waals surface area (Å²) in [5.74, 6) is -0.589. The summed E-state index contributed by atoms with van der Waals surface area (Å²) >= 11 is 1.27. The van der Waals surface area contributed by atoms with Crippen LogP contribution in [-0.4, -0.2) is 54.6 Å². The van der Waals surface area contributed by atoms with Crippen molar-refractivity contribution in [2.24, 2.45) is 0 Å². The molecule has 0 unspecified atom stereocenters. The van der Waals surface area contributed by atoms with Gasteiger partial charge in [-0.1, -0.05) is 24.3 Å². The average Bonchev–Trinajstić information content (AvgIpc) is 3.18. The van der Waals surface area contributed by atoms with E-state index in [4.69, 9.17) is 5.21 Å². The van der Waals surface area contributed by atoms with Crippen molar-refractivity contribution in [3.8, 4) is 0 Å². The number of piperazine rings is 1. The summed E-state index contributed by atoms with van der Waals surface area (Å²) in [5, 5.41) is 12.6.